The van der Waals surface area contributed by atoms with Crippen LogP contribution in [0.4, 0.5) is 26.2 Å². The van der Waals surface area contributed by atoms with Crippen LogP contribution in [0.1, 0.15) is 0 Å². The molecule has 0 aliphatic carbocycles. The van der Waals surface area contributed by atoms with Crippen LogP contribution >= 0.6 is 0 Å². The molecule has 4 rings (SSSR count). The van der Waals surface area contributed by atoms with Crippen LogP contribution in [0.3, 0.4) is 0 Å². The third-order valence-corrected chi connectivity index (χ3v) is 5.75. The van der Waals surface area contributed by atoms with Gasteiger partial charge in [-0.25, -0.2) is 9.18 Å². The predicted molar refractivity (Wildman–Crippen MR) is 115 cm³/mol. The summed E-state index contributed by atoms with van der Waals surface area (Å²) in [6.45, 7) is 7.25. The van der Waals surface area contributed by atoms with E-state index in [9.17, 15) is 9.18 Å². The second-order valence-electron chi connectivity index (χ2n) is 7.72. The number of piperazine rings is 2. The maximum Gasteiger partial charge on any atom is 0.321 e. The van der Waals surface area contributed by atoms with E-state index in [2.05, 4.69) is 51.3 Å². The summed E-state index contributed by atoms with van der Waals surface area (Å²) in [5, 5.41) is 2.83. The molecule has 154 valence electrons. The van der Waals surface area contributed by atoms with Crippen molar-refractivity contribution in [1.82, 2.24) is 9.80 Å². The molecular weight excluding hydrogens is 369 g/mol. The SMILES string of the molecule is CN1CCN(c2ccc(N3CCN(C(=O)Nc4ccc(F)cc4)CC3)cc2)CC1. The smallest absolute Gasteiger partial charge is 0.321 e. The average Bonchev–Trinajstić information content (AvgIpc) is 2.76. The topological polar surface area (TPSA) is 42.1 Å². The number of hydrogen-bond acceptors (Lipinski definition) is 4. The number of carbonyl (C=O) groups is 1. The third-order valence-electron chi connectivity index (χ3n) is 5.75. The summed E-state index contributed by atoms with van der Waals surface area (Å²) in [5.41, 5.74) is 3.08. The summed E-state index contributed by atoms with van der Waals surface area (Å²) in [6, 6.07) is 14.5. The summed E-state index contributed by atoms with van der Waals surface area (Å²) in [6.07, 6.45) is 0. The molecule has 7 heteroatoms. The minimum atomic E-state index is -0.310. The van der Waals surface area contributed by atoms with Crippen LogP contribution in [-0.4, -0.2) is 75.2 Å². The standard InChI is InChI=1S/C22H28FN5O/c1-25-10-12-26(13-11-25)20-6-8-21(9-7-20)27-14-16-28(17-15-27)22(29)24-19-4-2-18(23)3-5-19/h2-9H,10-17H2,1H3,(H,24,29). The molecule has 2 amide bonds. The molecule has 6 nitrogen and oxygen atoms in total. The van der Waals surface area contributed by atoms with Crippen LogP contribution < -0.4 is 15.1 Å². The van der Waals surface area contributed by atoms with E-state index in [0.29, 0.717) is 18.8 Å². The molecule has 2 aromatic carbocycles. The third kappa shape index (κ3) is 4.79. The van der Waals surface area contributed by atoms with Crippen molar-refractivity contribution in [3.05, 3.63) is 54.3 Å². The molecule has 0 spiro atoms. The fourth-order valence-electron chi connectivity index (χ4n) is 3.84. The van der Waals surface area contributed by atoms with E-state index in [1.165, 1.54) is 23.5 Å². The maximum absolute atomic E-state index is 13.0. The van der Waals surface area contributed by atoms with Gasteiger partial charge < -0.3 is 24.9 Å². The number of urea groups is 1. The molecule has 0 radical (unpaired) electrons. The quantitative estimate of drug-likeness (QED) is 0.865. The number of rotatable bonds is 3. The summed E-state index contributed by atoms with van der Waals surface area (Å²) >= 11 is 0. The van der Waals surface area contributed by atoms with E-state index in [0.717, 1.165) is 39.3 Å². The van der Waals surface area contributed by atoms with E-state index < -0.39 is 0 Å². The van der Waals surface area contributed by atoms with E-state index >= 15 is 0 Å². The largest absolute Gasteiger partial charge is 0.369 e. The van der Waals surface area contributed by atoms with Crippen molar-refractivity contribution in [2.75, 3.05) is 74.5 Å². The molecule has 0 bridgehead atoms. The summed E-state index contributed by atoms with van der Waals surface area (Å²) in [7, 11) is 2.17. The number of likely N-dealkylation sites (N-methyl/N-ethyl adjacent to an activating group) is 1. The molecule has 2 aliphatic heterocycles. The van der Waals surface area contributed by atoms with Gasteiger partial charge in [-0.05, 0) is 55.6 Å². The number of amides is 2. The fourth-order valence-corrected chi connectivity index (χ4v) is 3.84. The average molecular weight is 397 g/mol. The van der Waals surface area contributed by atoms with Crippen LogP contribution in [0.25, 0.3) is 0 Å². The zero-order valence-corrected chi connectivity index (χ0v) is 16.9. The lowest BCUT2D eigenvalue weighted by Crippen LogP contribution is -2.50. The Labute approximate surface area is 171 Å². The van der Waals surface area contributed by atoms with Gasteiger partial charge in [-0.15, -0.1) is 0 Å². The van der Waals surface area contributed by atoms with E-state index in [4.69, 9.17) is 0 Å². The number of carbonyl (C=O) groups excluding carboxylic acids is 1. The van der Waals surface area contributed by atoms with Crippen LogP contribution in [0.15, 0.2) is 48.5 Å². The molecule has 2 fully saturated rings. The first-order chi connectivity index (χ1) is 14.1. The monoisotopic (exact) mass is 397 g/mol. The first kappa shape index (κ1) is 19.5. The molecule has 2 aromatic rings. The Morgan fingerprint density at radius 1 is 0.759 bits per heavy atom. The number of benzene rings is 2. The summed E-state index contributed by atoms with van der Waals surface area (Å²) < 4.78 is 13.0. The van der Waals surface area contributed by atoms with Gasteiger partial charge in [0.15, 0.2) is 0 Å². The molecule has 2 heterocycles. The van der Waals surface area contributed by atoms with Gasteiger partial charge in [0.1, 0.15) is 5.82 Å². The molecule has 0 unspecified atom stereocenters. The Kier molecular flexibility index (Phi) is 5.85. The van der Waals surface area contributed by atoms with Crippen molar-refractivity contribution in [3.63, 3.8) is 0 Å². The molecule has 0 saturated carbocycles. The highest BCUT2D eigenvalue weighted by Crippen LogP contribution is 2.23. The highest BCUT2D eigenvalue weighted by Gasteiger charge is 2.22. The minimum Gasteiger partial charge on any atom is -0.369 e. The van der Waals surface area contributed by atoms with E-state index in [1.807, 2.05) is 0 Å². The molecule has 2 saturated heterocycles. The first-order valence-electron chi connectivity index (χ1n) is 10.2. The van der Waals surface area contributed by atoms with Crippen molar-refractivity contribution < 1.29 is 9.18 Å². The van der Waals surface area contributed by atoms with Crippen molar-refractivity contribution in [2.24, 2.45) is 0 Å². The van der Waals surface area contributed by atoms with Crippen molar-refractivity contribution in [3.8, 4) is 0 Å². The van der Waals surface area contributed by atoms with Gasteiger partial charge in [0, 0.05) is 69.4 Å². The number of halogens is 1. The van der Waals surface area contributed by atoms with Gasteiger partial charge in [0.25, 0.3) is 0 Å². The summed E-state index contributed by atoms with van der Waals surface area (Å²) in [4.78, 5) is 21.3. The first-order valence-corrected chi connectivity index (χ1v) is 10.2. The Morgan fingerprint density at radius 2 is 1.24 bits per heavy atom. The second kappa shape index (κ2) is 8.69. The zero-order valence-electron chi connectivity index (χ0n) is 16.9. The second-order valence-corrected chi connectivity index (χ2v) is 7.72. The Bertz CT molecular complexity index is 810. The van der Waals surface area contributed by atoms with Crippen molar-refractivity contribution in [2.45, 2.75) is 0 Å². The number of anilines is 3. The summed E-state index contributed by atoms with van der Waals surface area (Å²) in [5.74, 6) is -0.310. The van der Waals surface area contributed by atoms with Gasteiger partial charge >= 0.3 is 6.03 Å². The van der Waals surface area contributed by atoms with E-state index in [1.54, 1.807) is 17.0 Å². The highest BCUT2D eigenvalue weighted by atomic mass is 19.1. The normalized spacial score (nSPS) is 18.1. The Morgan fingerprint density at radius 3 is 1.76 bits per heavy atom. The zero-order chi connectivity index (χ0) is 20.2. The maximum atomic E-state index is 13.0. The lowest BCUT2D eigenvalue weighted by molar-refractivity contribution is 0.208. The van der Waals surface area contributed by atoms with Crippen LogP contribution in [0, 0.1) is 5.82 Å². The number of nitrogens with one attached hydrogen (secondary N) is 1. The highest BCUT2D eigenvalue weighted by molar-refractivity contribution is 5.89. The van der Waals surface area contributed by atoms with Crippen LogP contribution in [0.2, 0.25) is 0 Å². The van der Waals surface area contributed by atoms with Gasteiger partial charge in [0.05, 0.1) is 0 Å². The minimum absolute atomic E-state index is 0.137. The molecule has 2 aliphatic rings. The van der Waals surface area contributed by atoms with Gasteiger partial charge in [0.2, 0.25) is 0 Å². The number of nitrogens with zero attached hydrogens (tertiary/aromatic N) is 4. The van der Waals surface area contributed by atoms with Crippen molar-refractivity contribution in [1.29, 1.82) is 0 Å². The lowest BCUT2D eigenvalue weighted by Gasteiger charge is -2.37. The van der Waals surface area contributed by atoms with Gasteiger partial charge in [-0.2, -0.15) is 0 Å². The molecule has 0 aromatic heterocycles. The van der Waals surface area contributed by atoms with Crippen LogP contribution in [-0.2, 0) is 0 Å². The van der Waals surface area contributed by atoms with Gasteiger partial charge in [-0.1, -0.05) is 0 Å². The Hall–Kier alpha value is -2.80. The molecular formula is C22H28FN5O. The van der Waals surface area contributed by atoms with Crippen LogP contribution in [0.5, 0.6) is 0 Å². The molecule has 29 heavy (non-hydrogen) atoms. The lowest BCUT2D eigenvalue weighted by atomic mass is 10.2. The fraction of sp³-hybridized carbons (Fsp3) is 0.409. The Balaban J connectivity index is 1.29. The molecule has 1 N–H and O–H groups in total. The van der Waals surface area contributed by atoms with Crippen molar-refractivity contribution >= 4 is 23.1 Å². The van der Waals surface area contributed by atoms with Gasteiger partial charge in [-0.3, -0.25) is 0 Å². The van der Waals surface area contributed by atoms with E-state index in [-0.39, 0.29) is 11.8 Å². The predicted octanol–water partition coefficient (Wildman–Crippen LogP) is 2.93. The molecule has 0 atom stereocenters. The number of hydrogen-bond donors (Lipinski definition) is 1.